The molecule has 1 saturated heterocycles. The molecule has 0 atom stereocenters. The molecule has 0 spiro atoms. The molecule has 0 unspecified atom stereocenters. The van der Waals surface area contributed by atoms with E-state index < -0.39 is 23.3 Å². The molecule has 2 radical (unpaired) electrons. The first kappa shape index (κ1) is 14.9. The zero-order valence-corrected chi connectivity index (χ0v) is 10.0. The molecule has 8 heteroatoms. The zero-order valence-electron chi connectivity index (χ0n) is 10.0. The molecule has 1 aliphatic heterocycles. The summed E-state index contributed by atoms with van der Waals surface area (Å²) in [5, 5.41) is 1.88. The van der Waals surface area contributed by atoms with Crippen molar-refractivity contribution in [3.63, 3.8) is 0 Å². The van der Waals surface area contributed by atoms with Crippen molar-refractivity contribution < 1.29 is 22.8 Å². The number of nitrogens with zero attached hydrogens (tertiary/aromatic N) is 1. The summed E-state index contributed by atoms with van der Waals surface area (Å²) in [6.07, 6.45) is -3.84. The van der Waals surface area contributed by atoms with Crippen molar-refractivity contribution in [2.75, 3.05) is 19.6 Å². The fourth-order valence-electron chi connectivity index (χ4n) is 1.84. The molecular weight excluding hydrogens is 248 g/mol. The van der Waals surface area contributed by atoms with Crippen LogP contribution in [0.25, 0.3) is 0 Å². The second-order valence-corrected chi connectivity index (χ2v) is 4.82. The van der Waals surface area contributed by atoms with Gasteiger partial charge in [-0.2, -0.15) is 13.2 Å². The molecule has 2 amide bonds. The van der Waals surface area contributed by atoms with E-state index in [1.807, 2.05) is 5.32 Å². The van der Waals surface area contributed by atoms with Gasteiger partial charge in [0.15, 0.2) is 5.81 Å². The van der Waals surface area contributed by atoms with E-state index >= 15 is 0 Å². The van der Waals surface area contributed by atoms with Gasteiger partial charge < -0.3 is 10.2 Å². The Labute approximate surface area is 104 Å². The summed E-state index contributed by atoms with van der Waals surface area (Å²) in [6, 6.07) is 0. The summed E-state index contributed by atoms with van der Waals surface area (Å²) in [7, 11) is 5.10. The van der Waals surface area contributed by atoms with Crippen molar-refractivity contribution in [2.45, 2.75) is 25.9 Å². The number of halogens is 3. The third-order valence-electron chi connectivity index (χ3n) is 3.22. The van der Waals surface area contributed by atoms with Crippen LogP contribution in [0.15, 0.2) is 0 Å². The molecule has 0 aromatic rings. The highest BCUT2D eigenvalue weighted by molar-refractivity contribution is 6.56. The maximum absolute atomic E-state index is 12.0. The van der Waals surface area contributed by atoms with E-state index in [9.17, 15) is 22.8 Å². The Hall–Kier alpha value is -1.21. The highest BCUT2D eigenvalue weighted by atomic mass is 19.4. The lowest BCUT2D eigenvalue weighted by molar-refractivity contribution is -0.174. The van der Waals surface area contributed by atoms with Crippen molar-refractivity contribution in [1.82, 2.24) is 10.2 Å². The number of hydrogen-bond donors (Lipinski definition) is 1. The number of carbonyl (C=O) groups excluding carboxylic acids is 2. The fraction of sp³-hybridized carbons (Fsp3) is 0.800. The van der Waals surface area contributed by atoms with Gasteiger partial charge in [-0.15, -0.1) is 0 Å². The van der Waals surface area contributed by atoms with Crippen LogP contribution in [0.2, 0.25) is 0 Å². The van der Waals surface area contributed by atoms with Gasteiger partial charge in [-0.3, -0.25) is 9.59 Å². The molecule has 1 rings (SSSR count). The molecule has 18 heavy (non-hydrogen) atoms. The van der Waals surface area contributed by atoms with Crippen LogP contribution in [0, 0.1) is 5.41 Å². The number of rotatable bonds is 2. The number of piperidine rings is 1. The average Bonchev–Trinajstić information content (AvgIpc) is 2.25. The smallest absolute Gasteiger partial charge is 0.353 e. The topological polar surface area (TPSA) is 49.4 Å². The van der Waals surface area contributed by atoms with Gasteiger partial charge in [-0.05, 0) is 18.3 Å². The number of amides is 2. The Morgan fingerprint density at radius 3 is 2.22 bits per heavy atom. The van der Waals surface area contributed by atoms with E-state index in [-0.39, 0.29) is 6.54 Å². The Bertz CT molecular complexity index is 339. The lowest BCUT2D eigenvalue weighted by atomic mass is 9.80. The van der Waals surface area contributed by atoms with E-state index in [1.165, 1.54) is 4.90 Å². The van der Waals surface area contributed by atoms with Crippen LogP contribution in [0.1, 0.15) is 19.8 Å². The molecule has 0 aromatic heterocycles. The Kier molecular flexibility index (Phi) is 4.29. The summed E-state index contributed by atoms with van der Waals surface area (Å²) in [5.41, 5.74) is -0.438. The average molecular weight is 262 g/mol. The maximum atomic E-state index is 12.0. The van der Waals surface area contributed by atoms with Crippen LogP contribution in [-0.4, -0.2) is 50.3 Å². The van der Waals surface area contributed by atoms with Gasteiger partial charge in [0.2, 0.25) is 7.85 Å². The van der Waals surface area contributed by atoms with Crippen LogP contribution in [0.5, 0.6) is 0 Å². The van der Waals surface area contributed by atoms with Crippen LogP contribution in [-0.2, 0) is 4.79 Å². The predicted octanol–water partition coefficient (Wildman–Crippen LogP) is 1.06. The van der Waals surface area contributed by atoms with Crippen molar-refractivity contribution in [2.24, 2.45) is 5.41 Å². The SMILES string of the molecule is [B]C(=O)N1CCC(C)(CNC(=O)C(F)(F)F)CC1. The van der Waals surface area contributed by atoms with Crippen LogP contribution < -0.4 is 5.32 Å². The highest BCUT2D eigenvalue weighted by Gasteiger charge is 2.40. The van der Waals surface area contributed by atoms with E-state index in [4.69, 9.17) is 7.85 Å². The maximum Gasteiger partial charge on any atom is 0.471 e. The molecule has 100 valence electrons. The molecule has 1 fully saturated rings. The largest absolute Gasteiger partial charge is 0.471 e. The first-order valence-corrected chi connectivity index (χ1v) is 5.53. The summed E-state index contributed by atoms with van der Waals surface area (Å²) in [6.45, 7) is 2.52. The number of alkyl halides is 3. The van der Waals surface area contributed by atoms with Crippen molar-refractivity contribution in [3.05, 3.63) is 0 Å². The summed E-state index contributed by atoms with van der Waals surface area (Å²) >= 11 is 0. The van der Waals surface area contributed by atoms with Crippen LogP contribution in [0.3, 0.4) is 0 Å². The molecule has 1 aliphatic rings. The normalized spacial score (nSPS) is 19.4. The number of likely N-dealkylation sites (tertiary alicyclic amines) is 1. The minimum Gasteiger partial charge on any atom is -0.353 e. The predicted molar refractivity (Wildman–Crippen MR) is 59.1 cm³/mol. The Morgan fingerprint density at radius 1 is 1.33 bits per heavy atom. The second-order valence-electron chi connectivity index (χ2n) is 4.82. The second kappa shape index (κ2) is 5.20. The summed E-state index contributed by atoms with van der Waals surface area (Å²) < 4.78 is 36.0. The quantitative estimate of drug-likeness (QED) is 0.756. The molecule has 0 aliphatic carbocycles. The monoisotopic (exact) mass is 262 g/mol. The van der Waals surface area contributed by atoms with E-state index in [1.54, 1.807) is 6.92 Å². The van der Waals surface area contributed by atoms with Gasteiger partial charge in [0.25, 0.3) is 0 Å². The number of hydrogen-bond acceptors (Lipinski definition) is 2. The molecule has 1 heterocycles. The van der Waals surface area contributed by atoms with Crippen molar-refractivity contribution >= 4 is 19.6 Å². The van der Waals surface area contributed by atoms with E-state index in [2.05, 4.69) is 0 Å². The minimum atomic E-state index is -4.86. The molecule has 0 aromatic carbocycles. The summed E-state index contributed by atoms with van der Waals surface area (Å²) in [5.74, 6) is -2.46. The Balaban J connectivity index is 2.44. The van der Waals surface area contributed by atoms with Gasteiger partial charge in [-0.1, -0.05) is 6.92 Å². The number of carbonyl (C=O) groups is 2. The lowest BCUT2D eigenvalue weighted by Gasteiger charge is -2.39. The summed E-state index contributed by atoms with van der Waals surface area (Å²) in [4.78, 5) is 23.0. The van der Waals surface area contributed by atoms with Gasteiger partial charge >= 0.3 is 12.1 Å². The lowest BCUT2D eigenvalue weighted by Crippen LogP contribution is -2.48. The fourth-order valence-corrected chi connectivity index (χ4v) is 1.84. The van der Waals surface area contributed by atoms with E-state index in [0.29, 0.717) is 25.9 Å². The minimum absolute atomic E-state index is 0.0576. The van der Waals surface area contributed by atoms with Gasteiger partial charge in [0.1, 0.15) is 0 Å². The van der Waals surface area contributed by atoms with Crippen molar-refractivity contribution in [1.29, 1.82) is 0 Å². The molecule has 4 nitrogen and oxygen atoms in total. The first-order chi connectivity index (χ1) is 8.14. The highest BCUT2D eigenvalue weighted by Crippen LogP contribution is 2.30. The van der Waals surface area contributed by atoms with Crippen LogP contribution >= 0.6 is 0 Å². The van der Waals surface area contributed by atoms with E-state index in [0.717, 1.165) is 0 Å². The Morgan fingerprint density at radius 2 is 1.83 bits per heavy atom. The molecule has 0 saturated carbocycles. The zero-order chi connectivity index (χ0) is 14.0. The van der Waals surface area contributed by atoms with Crippen molar-refractivity contribution in [3.8, 4) is 0 Å². The van der Waals surface area contributed by atoms with Crippen LogP contribution in [0.4, 0.5) is 18.0 Å². The third-order valence-corrected chi connectivity index (χ3v) is 3.22. The van der Waals surface area contributed by atoms with Gasteiger partial charge in [-0.25, -0.2) is 0 Å². The van der Waals surface area contributed by atoms with Gasteiger partial charge in [0.05, 0.1) is 0 Å². The van der Waals surface area contributed by atoms with Gasteiger partial charge in [0, 0.05) is 19.6 Å². The molecule has 0 bridgehead atoms. The number of nitrogens with one attached hydrogen (secondary N) is 1. The molecule has 1 N–H and O–H groups in total. The molecular formula is C10H14BF3N2O2. The standard InChI is InChI=1S/C10H14BF3N2O2/c1-9(6-15-7(17)10(12,13)14)2-4-16(5-3-9)8(11)18/h2-6H2,1H3,(H,15,17). The third kappa shape index (κ3) is 3.92. The first-order valence-electron chi connectivity index (χ1n) is 5.53.